The average Bonchev–Trinajstić information content (AvgIpc) is 3.25. The SMILES string of the molecule is OCc1ccc(CNCC(C2CC2)C2CC2)o1. The second-order valence-electron chi connectivity index (χ2n) is 5.50. The molecule has 1 heterocycles. The summed E-state index contributed by atoms with van der Waals surface area (Å²) in [5.41, 5.74) is 0. The Kier molecular flexibility index (Phi) is 3.21. The van der Waals surface area contributed by atoms with E-state index < -0.39 is 0 Å². The van der Waals surface area contributed by atoms with E-state index in [9.17, 15) is 0 Å². The van der Waals surface area contributed by atoms with Gasteiger partial charge in [-0.25, -0.2) is 0 Å². The summed E-state index contributed by atoms with van der Waals surface area (Å²) in [6.07, 6.45) is 5.77. The van der Waals surface area contributed by atoms with Gasteiger partial charge < -0.3 is 14.8 Å². The third-order valence-corrected chi connectivity index (χ3v) is 4.01. The minimum atomic E-state index is -0.00717. The van der Waals surface area contributed by atoms with Gasteiger partial charge in [0, 0.05) is 0 Å². The predicted octanol–water partition coefficient (Wildman–Crippen LogP) is 2.30. The Balaban J connectivity index is 1.44. The summed E-state index contributed by atoms with van der Waals surface area (Å²) in [6, 6.07) is 3.79. The lowest BCUT2D eigenvalue weighted by Gasteiger charge is -2.15. The molecule has 3 rings (SSSR count). The van der Waals surface area contributed by atoms with Gasteiger partial charge in [0.05, 0.1) is 6.54 Å². The van der Waals surface area contributed by atoms with Crippen LogP contribution in [-0.4, -0.2) is 11.7 Å². The van der Waals surface area contributed by atoms with E-state index in [1.165, 1.54) is 25.7 Å². The molecule has 2 aliphatic rings. The van der Waals surface area contributed by atoms with Gasteiger partial charge in [-0.3, -0.25) is 0 Å². The molecule has 0 atom stereocenters. The molecule has 2 N–H and O–H groups in total. The number of furan rings is 1. The van der Waals surface area contributed by atoms with E-state index in [2.05, 4.69) is 5.32 Å². The molecule has 0 bridgehead atoms. The lowest BCUT2D eigenvalue weighted by Crippen LogP contribution is -2.25. The minimum absolute atomic E-state index is 0.00717. The highest BCUT2D eigenvalue weighted by Gasteiger charge is 2.40. The molecule has 0 saturated heterocycles. The van der Waals surface area contributed by atoms with Crippen LogP contribution in [0.25, 0.3) is 0 Å². The van der Waals surface area contributed by atoms with E-state index in [1.54, 1.807) is 0 Å². The maximum absolute atomic E-state index is 8.91. The fourth-order valence-electron chi connectivity index (χ4n) is 2.73. The van der Waals surface area contributed by atoms with Crippen molar-refractivity contribution < 1.29 is 9.52 Å². The Labute approximate surface area is 102 Å². The number of aliphatic hydroxyl groups excluding tert-OH is 1. The zero-order valence-electron chi connectivity index (χ0n) is 10.2. The lowest BCUT2D eigenvalue weighted by atomic mass is 9.98. The largest absolute Gasteiger partial charge is 0.462 e. The zero-order chi connectivity index (χ0) is 11.7. The van der Waals surface area contributed by atoms with Crippen LogP contribution in [0, 0.1) is 17.8 Å². The first-order valence-electron chi connectivity index (χ1n) is 6.76. The summed E-state index contributed by atoms with van der Waals surface area (Å²) < 4.78 is 5.45. The molecule has 3 nitrogen and oxygen atoms in total. The highest BCUT2D eigenvalue weighted by molar-refractivity contribution is 5.06. The van der Waals surface area contributed by atoms with Crippen LogP contribution >= 0.6 is 0 Å². The summed E-state index contributed by atoms with van der Waals surface area (Å²) in [4.78, 5) is 0. The summed E-state index contributed by atoms with van der Waals surface area (Å²) in [7, 11) is 0. The van der Waals surface area contributed by atoms with Crippen LogP contribution < -0.4 is 5.32 Å². The van der Waals surface area contributed by atoms with E-state index in [-0.39, 0.29) is 6.61 Å². The van der Waals surface area contributed by atoms with Crippen molar-refractivity contribution in [3.8, 4) is 0 Å². The summed E-state index contributed by atoms with van der Waals surface area (Å²) >= 11 is 0. The third kappa shape index (κ3) is 2.90. The standard InChI is InChI=1S/C14H21NO2/c16-9-13-6-5-12(17-13)7-15-8-14(10-1-2-10)11-3-4-11/h5-6,10-11,14-16H,1-4,7-9H2. The van der Waals surface area contributed by atoms with E-state index in [4.69, 9.17) is 9.52 Å². The molecule has 3 heteroatoms. The second-order valence-corrected chi connectivity index (χ2v) is 5.50. The Morgan fingerprint density at radius 2 is 1.82 bits per heavy atom. The zero-order valence-corrected chi connectivity index (χ0v) is 10.2. The van der Waals surface area contributed by atoms with Crippen molar-refractivity contribution in [2.24, 2.45) is 17.8 Å². The molecular weight excluding hydrogens is 214 g/mol. The van der Waals surface area contributed by atoms with Gasteiger partial charge in [-0.05, 0) is 62.1 Å². The summed E-state index contributed by atoms with van der Waals surface area (Å²) in [6.45, 7) is 1.91. The summed E-state index contributed by atoms with van der Waals surface area (Å²) in [5.74, 6) is 4.49. The molecular formula is C14H21NO2. The molecule has 0 radical (unpaired) electrons. The highest BCUT2D eigenvalue weighted by Crippen LogP contribution is 2.48. The van der Waals surface area contributed by atoms with Gasteiger partial charge in [0.25, 0.3) is 0 Å². The van der Waals surface area contributed by atoms with Gasteiger partial charge in [-0.2, -0.15) is 0 Å². The smallest absolute Gasteiger partial charge is 0.129 e. The van der Waals surface area contributed by atoms with Crippen LogP contribution in [0.2, 0.25) is 0 Å². The molecule has 1 aromatic rings. The fourth-order valence-corrected chi connectivity index (χ4v) is 2.73. The molecule has 0 aliphatic heterocycles. The molecule has 2 saturated carbocycles. The van der Waals surface area contributed by atoms with Crippen molar-refractivity contribution in [1.29, 1.82) is 0 Å². The Hall–Kier alpha value is -0.800. The van der Waals surface area contributed by atoms with Gasteiger partial charge in [0.15, 0.2) is 0 Å². The van der Waals surface area contributed by atoms with Crippen LogP contribution in [0.5, 0.6) is 0 Å². The number of hydrogen-bond acceptors (Lipinski definition) is 3. The van der Waals surface area contributed by atoms with Crippen molar-refractivity contribution in [1.82, 2.24) is 5.32 Å². The molecule has 0 aromatic carbocycles. The fraction of sp³-hybridized carbons (Fsp3) is 0.714. The molecule has 2 aliphatic carbocycles. The quantitative estimate of drug-likeness (QED) is 0.762. The first kappa shape index (κ1) is 11.3. The number of hydrogen-bond donors (Lipinski definition) is 2. The molecule has 1 aromatic heterocycles. The monoisotopic (exact) mass is 235 g/mol. The van der Waals surface area contributed by atoms with Gasteiger partial charge in [0.1, 0.15) is 18.1 Å². The van der Waals surface area contributed by atoms with Gasteiger partial charge in [0.2, 0.25) is 0 Å². The van der Waals surface area contributed by atoms with E-state index in [0.717, 1.165) is 36.6 Å². The number of rotatable bonds is 7. The normalized spacial score (nSPS) is 20.1. The molecule has 17 heavy (non-hydrogen) atoms. The van der Waals surface area contributed by atoms with E-state index in [0.29, 0.717) is 5.76 Å². The van der Waals surface area contributed by atoms with Crippen LogP contribution in [0.4, 0.5) is 0 Å². The molecule has 0 unspecified atom stereocenters. The van der Waals surface area contributed by atoms with Gasteiger partial charge >= 0.3 is 0 Å². The van der Waals surface area contributed by atoms with Crippen LogP contribution in [0.15, 0.2) is 16.5 Å². The first-order valence-corrected chi connectivity index (χ1v) is 6.76. The maximum atomic E-state index is 8.91. The lowest BCUT2D eigenvalue weighted by molar-refractivity contribution is 0.242. The molecule has 94 valence electrons. The predicted molar refractivity (Wildman–Crippen MR) is 65.3 cm³/mol. The van der Waals surface area contributed by atoms with Crippen LogP contribution in [-0.2, 0) is 13.2 Å². The van der Waals surface area contributed by atoms with Crippen LogP contribution in [0.1, 0.15) is 37.2 Å². The second kappa shape index (κ2) is 4.83. The Bertz CT molecular complexity index is 354. The van der Waals surface area contributed by atoms with Gasteiger partial charge in [-0.1, -0.05) is 0 Å². The average molecular weight is 235 g/mol. The first-order chi connectivity index (χ1) is 8.36. The number of nitrogens with one attached hydrogen (secondary N) is 1. The number of aliphatic hydroxyl groups is 1. The van der Waals surface area contributed by atoms with Crippen LogP contribution in [0.3, 0.4) is 0 Å². The van der Waals surface area contributed by atoms with Crippen molar-refractivity contribution in [3.05, 3.63) is 23.7 Å². The maximum Gasteiger partial charge on any atom is 0.129 e. The topological polar surface area (TPSA) is 45.4 Å². The highest BCUT2D eigenvalue weighted by atomic mass is 16.4. The Morgan fingerprint density at radius 1 is 1.18 bits per heavy atom. The van der Waals surface area contributed by atoms with Crippen molar-refractivity contribution >= 4 is 0 Å². The Morgan fingerprint density at radius 3 is 2.35 bits per heavy atom. The van der Waals surface area contributed by atoms with Gasteiger partial charge in [-0.15, -0.1) is 0 Å². The van der Waals surface area contributed by atoms with Crippen molar-refractivity contribution in [3.63, 3.8) is 0 Å². The molecule has 0 amide bonds. The van der Waals surface area contributed by atoms with E-state index in [1.807, 2.05) is 12.1 Å². The van der Waals surface area contributed by atoms with E-state index >= 15 is 0 Å². The molecule has 2 fully saturated rings. The minimum Gasteiger partial charge on any atom is -0.462 e. The third-order valence-electron chi connectivity index (χ3n) is 4.01. The van der Waals surface area contributed by atoms with Crippen molar-refractivity contribution in [2.75, 3.05) is 6.54 Å². The van der Waals surface area contributed by atoms with Crippen molar-refractivity contribution in [2.45, 2.75) is 38.8 Å². The summed E-state index contributed by atoms with van der Waals surface area (Å²) in [5, 5.41) is 12.4. The molecule has 0 spiro atoms.